The monoisotopic (exact) mass is 440 g/mol. The Kier molecular flexibility index (Phi) is 8.10. The first-order valence-electron chi connectivity index (χ1n) is 7.24. The molecule has 0 saturated carbocycles. The van der Waals surface area contributed by atoms with Gasteiger partial charge in [0.1, 0.15) is 5.69 Å². The highest BCUT2D eigenvalue weighted by atomic mass is 127. The Morgan fingerprint density at radius 3 is 2.54 bits per heavy atom. The van der Waals surface area contributed by atoms with Crippen molar-refractivity contribution in [3.05, 3.63) is 53.6 Å². The van der Waals surface area contributed by atoms with Gasteiger partial charge in [-0.05, 0) is 37.1 Å². The van der Waals surface area contributed by atoms with E-state index in [-0.39, 0.29) is 35.6 Å². The minimum absolute atomic E-state index is 0. The summed E-state index contributed by atoms with van der Waals surface area (Å²) in [5.74, 6) is 0.0258. The number of guanidine groups is 1. The van der Waals surface area contributed by atoms with Crippen LogP contribution in [0.3, 0.4) is 0 Å². The van der Waals surface area contributed by atoms with Gasteiger partial charge in [-0.2, -0.15) is 0 Å². The Labute approximate surface area is 158 Å². The van der Waals surface area contributed by atoms with Gasteiger partial charge in [0.05, 0.1) is 12.7 Å². The number of anilines is 1. The molecule has 1 heterocycles. The molecule has 2 rings (SSSR count). The van der Waals surface area contributed by atoms with Gasteiger partial charge in [-0.3, -0.25) is 14.8 Å². The number of aryl methyl sites for hydroxylation is 2. The third kappa shape index (κ3) is 6.49. The van der Waals surface area contributed by atoms with Crippen LogP contribution in [0.1, 0.15) is 21.6 Å². The largest absolute Gasteiger partial charge is 0.370 e. The molecule has 1 amide bonds. The average molecular weight is 440 g/mol. The number of nitrogens with two attached hydrogens (primary N) is 1. The Balaban J connectivity index is 0.00000288. The van der Waals surface area contributed by atoms with E-state index >= 15 is 0 Å². The van der Waals surface area contributed by atoms with Crippen molar-refractivity contribution in [2.75, 3.05) is 18.4 Å². The normalized spacial score (nSPS) is 10.7. The Bertz CT molecular complexity index is 685. The van der Waals surface area contributed by atoms with Crippen LogP contribution < -0.4 is 16.4 Å². The van der Waals surface area contributed by atoms with Crippen molar-refractivity contribution in [3.63, 3.8) is 0 Å². The number of aliphatic imine (C=N–C) groups is 1. The van der Waals surface area contributed by atoms with Crippen molar-refractivity contribution >= 4 is 41.5 Å². The third-order valence-electron chi connectivity index (χ3n) is 2.97. The molecule has 128 valence electrons. The minimum atomic E-state index is -0.283. The zero-order valence-corrected chi connectivity index (χ0v) is 15.9. The Morgan fingerprint density at radius 1 is 1.21 bits per heavy atom. The molecule has 0 bridgehead atoms. The van der Waals surface area contributed by atoms with E-state index in [0.29, 0.717) is 19.0 Å². The summed E-state index contributed by atoms with van der Waals surface area (Å²) in [6.07, 6.45) is 4.40. The van der Waals surface area contributed by atoms with E-state index in [1.807, 2.05) is 26.0 Å². The molecule has 0 spiro atoms. The number of halogens is 1. The number of carbonyl (C=O) groups excluding carboxylic acids is 1. The molecule has 7 nitrogen and oxygen atoms in total. The summed E-state index contributed by atoms with van der Waals surface area (Å²) >= 11 is 0. The number of amides is 1. The fourth-order valence-corrected chi connectivity index (χ4v) is 2.09. The van der Waals surface area contributed by atoms with Crippen LogP contribution in [0.2, 0.25) is 0 Å². The van der Waals surface area contributed by atoms with Crippen LogP contribution in [0.5, 0.6) is 0 Å². The number of hydrogen-bond donors (Lipinski definition) is 3. The van der Waals surface area contributed by atoms with E-state index in [2.05, 4.69) is 31.7 Å². The van der Waals surface area contributed by atoms with E-state index in [4.69, 9.17) is 5.73 Å². The Hall–Kier alpha value is -2.23. The number of aromatic nitrogens is 2. The number of nitrogens with zero attached hydrogens (tertiary/aromatic N) is 3. The predicted molar refractivity (Wildman–Crippen MR) is 106 cm³/mol. The smallest absolute Gasteiger partial charge is 0.271 e. The van der Waals surface area contributed by atoms with Crippen LogP contribution in [0.4, 0.5) is 5.69 Å². The van der Waals surface area contributed by atoms with E-state index in [0.717, 1.165) is 16.8 Å². The molecule has 1 aromatic carbocycles. The zero-order valence-electron chi connectivity index (χ0n) is 13.6. The topological polar surface area (TPSA) is 105 Å². The van der Waals surface area contributed by atoms with Crippen molar-refractivity contribution in [2.45, 2.75) is 13.8 Å². The second kappa shape index (κ2) is 9.81. The van der Waals surface area contributed by atoms with Crippen molar-refractivity contribution in [1.29, 1.82) is 0 Å². The first-order chi connectivity index (χ1) is 11.0. The van der Waals surface area contributed by atoms with Gasteiger partial charge in [0, 0.05) is 24.6 Å². The zero-order chi connectivity index (χ0) is 16.7. The SMILES string of the molecule is Cc1cc(C)cc(NC(N)=NCCNC(=O)c2cnccn2)c1.I. The number of benzene rings is 1. The van der Waals surface area contributed by atoms with Gasteiger partial charge < -0.3 is 16.4 Å². The first-order valence-corrected chi connectivity index (χ1v) is 7.24. The summed E-state index contributed by atoms with van der Waals surface area (Å²) in [5, 5.41) is 5.74. The van der Waals surface area contributed by atoms with Crippen LogP contribution in [-0.4, -0.2) is 34.9 Å². The van der Waals surface area contributed by atoms with E-state index in [1.165, 1.54) is 18.6 Å². The molecule has 0 aliphatic heterocycles. The lowest BCUT2D eigenvalue weighted by Gasteiger charge is -2.08. The van der Waals surface area contributed by atoms with Crippen LogP contribution in [0.25, 0.3) is 0 Å². The highest BCUT2D eigenvalue weighted by Gasteiger charge is 2.05. The molecule has 0 saturated heterocycles. The fraction of sp³-hybridized carbons (Fsp3) is 0.250. The summed E-state index contributed by atoms with van der Waals surface area (Å²) in [6, 6.07) is 6.07. The van der Waals surface area contributed by atoms with Crippen molar-refractivity contribution in [2.24, 2.45) is 10.7 Å². The average Bonchev–Trinajstić information content (AvgIpc) is 2.51. The summed E-state index contributed by atoms with van der Waals surface area (Å²) < 4.78 is 0. The summed E-state index contributed by atoms with van der Waals surface area (Å²) in [6.45, 7) is 4.78. The van der Waals surface area contributed by atoms with Crippen molar-refractivity contribution in [1.82, 2.24) is 15.3 Å². The maximum Gasteiger partial charge on any atom is 0.271 e. The highest BCUT2D eigenvalue weighted by molar-refractivity contribution is 14.0. The molecule has 8 heteroatoms. The summed E-state index contributed by atoms with van der Waals surface area (Å²) in [5.41, 5.74) is 9.31. The molecule has 0 aliphatic rings. The number of hydrogen-bond acceptors (Lipinski definition) is 4. The van der Waals surface area contributed by atoms with Crippen LogP contribution in [-0.2, 0) is 0 Å². The first kappa shape index (κ1) is 19.8. The van der Waals surface area contributed by atoms with Crippen LogP contribution in [0.15, 0.2) is 41.8 Å². The third-order valence-corrected chi connectivity index (χ3v) is 2.97. The van der Waals surface area contributed by atoms with Gasteiger partial charge in [0.2, 0.25) is 0 Å². The fourth-order valence-electron chi connectivity index (χ4n) is 2.09. The molecule has 24 heavy (non-hydrogen) atoms. The second-order valence-electron chi connectivity index (χ2n) is 5.11. The molecule has 0 aliphatic carbocycles. The quantitative estimate of drug-likeness (QED) is 0.285. The van der Waals surface area contributed by atoms with Crippen molar-refractivity contribution < 1.29 is 4.79 Å². The molecule has 2 aromatic rings. The molecule has 0 atom stereocenters. The molecular formula is C16H21IN6O. The molecule has 0 radical (unpaired) electrons. The lowest BCUT2D eigenvalue weighted by molar-refractivity contribution is 0.0949. The summed E-state index contributed by atoms with van der Waals surface area (Å²) in [7, 11) is 0. The molecule has 1 aromatic heterocycles. The van der Waals surface area contributed by atoms with E-state index in [1.54, 1.807) is 0 Å². The molecule has 0 unspecified atom stereocenters. The standard InChI is InChI=1S/C16H20N6O.HI/c1-11-7-12(2)9-13(8-11)22-16(17)21-6-5-20-15(23)14-10-18-3-4-19-14;/h3-4,7-10H,5-6H2,1-2H3,(H,20,23)(H3,17,21,22);1H. The second-order valence-corrected chi connectivity index (χ2v) is 5.11. The lowest BCUT2D eigenvalue weighted by Crippen LogP contribution is -2.29. The minimum Gasteiger partial charge on any atom is -0.370 e. The number of rotatable bonds is 5. The summed E-state index contributed by atoms with van der Waals surface area (Å²) in [4.78, 5) is 23.7. The van der Waals surface area contributed by atoms with E-state index < -0.39 is 0 Å². The molecule has 0 fully saturated rings. The van der Waals surface area contributed by atoms with Gasteiger partial charge in [-0.25, -0.2) is 4.98 Å². The van der Waals surface area contributed by atoms with Gasteiger partial charge >= 0.3 is 0 Å². The molecule has 4 N–H and O–H groups in total. The molecular weight excluding hydrogens is 419 g/mol. The number of nitrogens with one attached hydrogen (secondary N) is 2. The predicted octanol–water partition coefficient (Wildman–Crippen LogP) is 1.87. The van der Waals surface area contributed by atoms with E-state index in [9.17, 15) is 4.79 Å². The van der Waals surface area contributed by atoms with Gasteiger partial charge in [-0.15, -0.1) is 24.0 Å². The van der Waals surface area contributed by atoms with Gasteiger partial charge in [0.15, 0.2) is 5.96 Å². The van der Waals surface area contributed by atoms with Gasteiger partial charge in [0.25, 0.3) is 5.91 Å². The maximum atomic E-state index is 11.7. The lowest BCUT2D eigenvalue weighted by atomic mass is 10.1. The highest BCUT2D eigenvalue weighted by Crippen LogP contribution is 2.13. The van der Waals surface area contributed by atoms with Crippen LogP contribution in [0, 0.1) is 13.8 Å². The Morgan fingerprint density at radius 2 is 1.92 bits per heavy atom. The number of carbonyl (C=O) groups is 1. The maximum absolute atomic E-state index is 11.7. The van der Waals surface area contributed by atoms with Crippen LogP contribution >= 0.6 is 24.0 Å². The van der Waals surface area contributed by atoms with Gasteiger partial charge in [-0.1, -0.05) is 6.07 Å². The van der Waals surface area contributed by atoms with Crippen molar-refractivity contribution in [3.8, 4) is 0 Å².